The molecule has 0 spiro atoms. The average Bonchev–Trinajstić information content (AvgIpc) is 2.36. The highest BCUT2D eigenvalue weighted by Crippen LogP contribution is 2.30. The molecular weight excluding hydrogens is 259 g/mol. The van der Waals surface area contributed by atoms with Gasteiger partial charge in [0.05, 0.1) is 17.8 Å². The maximum atomic E-state index is 13.1. The predicted octanol–water partition coefficient (Wildman–Crippen LogP) is 2.60. The molecule has 0 unspecified atom stereocenters. The monoisotopic (exact) mass is 268 g/mol. The number of hydrogen-bond acceptors (Lipinski definition) is 5. The van der Waals surface area contributed by atoms with Gasteiger partial charge in [-0.15, -0.1) is 0 Å². The Morgan fingerprint density at radius 3 is 2.89 bits per heavy atom. The molecule has 0 saturated heterocycles. The molecular formula is C11H10ClFN4O. The maximum Gasteiger partial charge on any atom is 0.242 e. The number of methoxy groups -OCH3 is 1. The molecule has 0 saturated carbocycles. The van der Waals surface area contributed by atoms with Crippen LogP contribution in [-0.2, 0) is 0 Å². The van der Waals surface area contributed by atoms with E-state index in [0.717, 1.165) is 0 Å². The minimum absolute atomic E-state index is 0.223. The Balaban J connectivity index is 2.37. The third-order valence-corrected chi connectivity index (χ3v) is 2.55. The number of nitrogens with zero attached hydrogens (tertiary/aromatic N) is 2. The van der Waals surface area contributed by atoms with E-state index in [-0.39, 0.29) is 11.6 Å². The van der Waals surface area contributed by atoms with Gasteiger partial charge in [-0.1, -0.05) is 11.6 Å². The molecule has 1 aromatic carbocycles. The molecule has 0 aliphatic carbocycles. The lowest BCUT2D eigenvalue weighted by molar-refractivity contribution is 0.399. The summed E-state index contributed by atoms with van der Waals surface area (Å²) in [4.78, 5) is 7.78. The molecule has 2 aromatic rings. The second-order valence-electron chi connectivity index (χ2n) is 3.39. The van der Waals surface area contributed by atoms with E-state index in [2.05, 4.69) is 15.3 Å². The van der Waals surface area contributed by atoms with Gasteiger partial charge in [0.2, 0.25) is 5.88 Å². The van der Waals surface area contributed by atoms with E-state index in [9.17, 15) is 4.39 Å². The van der Waals surface area contributed by atoms with Gasteiger partial charge in [0.15, 0.2) is 5.82 Å². The molecule has 1 heterocycles. The molecule has 0 bridgehead atoms. The van der Waals surface area contributed by atoms with Crippen LogP contribution in [0.1, 0.15) is 0 Å². The summed E-state index contributed by atoms with van der Waals surface area (Å²) in [5.74, 6) is 0.121. The molecule has 0 atom stereocenters. The second kappa shape index (κ2) is 5.05. The van der Waals surface area contributed by atoms with Crippen LogP contribution in [0.25, 0.3) is 0 Å². The third-order valence-electron chi connectivity index (χ3n) is 2.22. The number of ether oxygens (including phenoxy) is 1. The Morgan fingerprint density at radius 2 is 2.17 bits per heavy atom. The van der Waals surface area contributed by atoms with E-state index < -0.39 is 5.82 Å². The Labute approximate surface area is 108 Å². The molecule has 1 aromatic heterocycles. The van der Waals surface area contributed by atoms with Crippen molar-refractivity contribution in [3.8, 4) is 5.88 Å². The van der Waals surface area contributed by atoms with Crippen molar-refractivity contribution in [1.82, 2.24) is 9.97 Å². The molecule has 0 fully saturated rings. The van der Waals surface area contributed by atoms with E-state index >= 15 is 0 Å². The minimum Gasteiger partial charge on any atom is -0.479 e. The minimum atomic E-state index is -0.415. The lowest BCUT2D eigenvalue weighted by atomic mass is 10.3. The number of nitrogens with two attached hydrogens (primary N) is 1. The van der Waals surface area contributed by atoms with Gasteiger partial charge in [-0.05, 0) is 18.2 Å². The summed E-state index contributed by atoms with van der Waals surface area (Å²) in [5.41, 5.74) is 6.37. The fraction of sp³-hybridized carbons (Fsp3) is 0.0909. The summed E-state index contributed by atoms with van der Waals surface area (Å²) in [6.45, 7) is 0. The van der Waals surface area contributed by atoms with Gasteiger partial charge in [-0.3, -0.25) is 0 Å². The zero-order chi connectivity index (χ0) is 13.1. The van der Waals surface area contributed by atoms with Crippen LogP contribution in [0, 0.1) is 5.82 Å². The van der Waals surface area contributed by atoms with Crippen molar-refractivity contribution >= 4 is 28.8 Å². The smallest absolute Gasteiger partial charge is 0.242 e. The predicted molar refractivity (Wildman–Crippen MR) is 67.7 cm³/mol. The molecule has 0 aliphatic heterocycles. The molecule has 3 N–H and O–H groups in total. The number of nitrogen functional groups attached to an aromatic ring is 1. The number of hydrogen-bond donors (Lipinski definition) is 2. The first-order chi connectivity index (χ1) is 8.61. The van der Waals surface area contributed by atoms with Gasteiger partial charge in [-0.2, -0.15) is 4.98 Å². The van der Waals surface area contributed by atoms with Crippen molar-refractivity contribution < 1.29 is 9.13 Å². The molecule has 7 heteroatoms. The standard InChI is InChI=1S/C11H10ClFN4O/c1-18-11-9(14)10(15-5-16-11)17-8-4-6(13)2-3-7(8)12/h2-5H,14H2,1H3,(H,15,16,17). The highest BCUT2D eigenvalue weighted by molar-refractivity contribution is 6.33. The first-order valence-electron chi connectivity index (χ1n) is 4.98. The fourth-order valence-corrected chi connectivity index (χ4v) is 1.53. The summed E-state index contributed by atoms with van der Waals surface area (Å²) in [6.07, 6.45) is 1.28. The quantitative estimate of drug-likeness (QED) is 0.895. The molecule has 94 valence electrons. The van der Waals surface area contributed by atoms with Crippen molar-refractivity contribution in [1.29, 1.82) is 0 Å². The lowest BCUT2D eigenvalue weighted by Crippen LogP contribution is -2.03. The Morgan fingerprint density at radius 1 is 1.39 bits per heavy atom. The summed E-state index contributed by atoms with van der Waals surface area (Å²) in [6, 6.07) is 3.95. The second-order valence-corrected chi connectivity index (χ2v) is 3.80. The van der Waals surface area contributed by atoms with Crippen LogP contribution in [0.2, 0.25) is 5.02 Å². The highest BCUT2D eigenvalue weighted by atomic mass is 35.5. The normalized spacial score (nSPS) is 10.2. The summed E-state index contributed by atoms with van der Waals surface area (Å²) >= 11 is 5.93. The van der Waals surface area contributed by atoms with Crippen LogP contribution in [0.5, 0.6) is 5.88 Å². The summed E-state index contributed by atoms with van der Waals surface area (Å²) in [7, 11) is 1.44. The van der Waals surface area contributed by atoms with Crippen LogP contribution in [0.15, 0.2) is 24.5 Å². The number of nitrogens with one attached hydrogen (secondary N) is 1. The summed E-state index contributed by atoms with van der Waals surface area (Å²) < 4.78 is 18.1. The van der Waals surface area contributed by atoms with Crippen LogP contribution < -0.4 is 15.8 Å². The summed E-state index contributed by atoms with van der Waals surface area (Å²) in [5, 5.41) is 3.18. The van der Waals surface area contributed by atoms with Crippen LogP contribution >= 0.6 is 11.6 Å². The molecule has 0 aliphatic rings. The Bertz CT molecular complexity index is 579. The molecule has 0 radical (unpaired) electrons. The highest BCUT2D eigenvalue weighted by Gasteiger charge is 2.10. The molecule has 18 heavy (non-hydrogen) atoms. The van der Waals surface area contributed by atoms with Crippen LogP contribution in [0.4, 0.5) is 21.6 Å². The number of aromatic nitrogens is 2. The largest absolute Gasteiger partial charge is 0.479 e. The molecule has 0 amide bonds. The SMILES string of the molecule is COc1ncnc(Nc2cc(F)ccc2Cl)c1N. The van der Waals surface area contributed by atoms with Crippen molar-refractivity contribution in [3.63, 3.8) is 0 Å². The van der Waals surface area contributed by atoms with Crippen molar-refractivity contribution in [2.45, 2.75) is 0 Å². The number of anilines is 3. The number of halogens is 2. The van der Waals surface area contributed by atoms with E-state index in [1.165, 1.54) is 31.6 Å². The van der Waals surface area contributed by atoms with E-state index in [1.807, 2.05) is 0 Å². The van der Waals surface area contributed by atoms with Crippen LogP contribution in [-0.4, -0.2) is 17.1 Å². The Kier molecular flexibility index (Phi) is 3.47. The van der Waals surface area contributed by atoms with Gasteiger partial charge < -0.3 is 15.8 Å². The first kappa shape index (κ1) is 12.4. The average molecular weight is 269 g/mol. The van der Waals surface area contributed by atoms with E-state index in [4.69, 9.17) is 22.1 Å². The van der Waals surface area contributed by atoms with Crippen molar-refractivity contribution in [2.24, 2.45) is 0 Å². The fourth-order valence-electron chi connectivity index (χ4n) is 1.36. The number of benzene rings is 1. The van der Waals surface area contributed by atoms with Crippen LogP contribution in [0.3, 0.4) is 0 Å². The Hall–Kier alpha value is -2.08. The van der Waals surface area contributed by atoms with Gasteiger partial charge in [0.1, 0.15) is 17.8 Å². The zero-order valence-electron chi connectivity index (χ0n) is 9.45. The molecule has 2 rings (SSSR count). The van der Waals surface area contributed by atoms with Gasteiger partial charge >= 0.3 is 0 Å². The molecule has 5 nitrogen and oxygen atoms in total. The van der Waals surface area contributed by atoms with Gasteiger partial charge in [0.25, 0.3) is 0 Å². The topological polar surface area (TPSA) is 73.1 Å². The van der Waals surface area contributed by atoms with Gasteiger partial charge in [0, 0.05) is 0 Å². The third kappa shape index (κ3) is 2.43. The van der Waals surface area contributed by atoms with E-state index in [0.29, 0.717) is 16.5 Å². The zero-order valence-corrected chi connectivity index (χ0v) is 10.2. The van der Waals surface area contributed by atoms with Crippen molar-refractivity contribution in [3.05, 3.63) is 35.4 Å². The lowest BCUT2D eigenvalue weighted by Gasteiger charge is -2.11. The van der Waals surface area contributed by atoms with Gasteiger partial charge in [-0.25, -0.2) is 9.37 Å². The maximum absolute atomic E-state index is 13.1. The van der Waals surface area contributed by atoms with E-state index in [1.54, 1.807) is 0 Å². The number of rotatable bonds is 3. The van der Waals surface area contributed by atoms with Crippen molar-refractivity contribution in [2.75, 3.05) is 18.2 Å². The first-order valence-corrected chi connectivity index (χ1v) is 5.36.